The highest BCUT2D eigenvalue weighted by Crippen LogP contribution is 2.45. The highest BCUT2D eigenvalue weighted by Gasteiger charge is 2.42. The molecule has 1 atom stereocenters. The van der Waals surface area contributed by atoms with Gasteiger partial charge in [0.2, 0.25) is 0 Å². The van der Waals surface area contributed by atoms with Gasteiger partial charge in [0.05, 0.1) is 6.04 Å². The molecule has 0 radical (unpaired) electrons. The molecule has 0 saturated carbocycles. The summed E-state index contributed by atoms with van der Waals surface area (Å²) in [5, 5.41) is 10.8. The Hall–Kier alpha value is -3.40. The maximum Gasteiger partial charge on any atom is 0.294 e. The van der Waals surface area contributed by atoms with Crippen LogP contribution in [0.3, 0.4) is 0 Å². The Bertz CT molecular complexity index is 1070. The Morgan fingerprint density at radius 2 is 1.43 bits per heavy atom. The summed E-state index contributed by atoms with van der Waals surface area (Å²) < 4.78 is 14.8. The van der Waals surface area contributed by atoms with E-state index < -0.39 is 17.8 Å². The monoisotopic (exact) mass is 373 g/mol. The van der Waals surface area contributed by atoms with Gasteiger partial charge in [-0.15, -0.1) is 0 Å². The van der Waals surface area contributed by atoms with Gasteiger partial charge in [0, 0.05) is 16.8 Å². The Balaban J connectivity index is 1.93. The lowest BCUT2D eigenvalue weighted by molar-refractivity contribution is -0.117. The van der Waals surface area contributed by atoms with Gasteiger partial charge in [-0.05, 0) is 37.6 Å². The first kappa shape index (κ1) is 18.0. The highest BCUT2D eigenvalue weighted by atomic mass is 19.1. The zero-order valence-corrected chi connectivity index (χ0v) is 15.7. The van der Waals surface area contributed by atoms with Crippen LogP contribution in [0, 0.1) is 19.7 Å². The van der Waals surface area contributed by atoms with E-state index in [1.165, 1.54) is 11.0 Å². The predicted molar refractivity (Wildman–Crippen MR) is 109 cm³/mol. The highest BCUT2D eigenvalue weighted by molar-refractivity contribution is 6.16. The van der Waals surface area contributed by atoms with Crippen LogP contribution < -0.4 is 4.90 Å². The molecule has 1 heterocycles. The van der Waals surface area contributed by atoms with E-state index in [1.54, 1.807) is 18.2 Å². The molecule has 4 heteroatoms. The molecule has 1 N–H and O–H groups in total. The number of carbonyl (C=O) groups is 1. The molecule has 3 aromatic rings. The average Bonchev–Trinajstić information content (AvgIpc) is 2.95. The molecular weight excluding hydrogens is 353 g/mol. The summed E-state index contributed by atoms with van der Waals surface area (Å²) in [6.07, 6.45) is 0. The van der Waals surface area contributed by atoms with Crippen molar-refractivity contribution < 1.29 is 14.3 Å². The number of hydrogen-bond acceptors (Lipinski definition) is 2. The summed E-state index contributed by atoms with van der Waals surface area (Å²) in [5.41, 5.74) is 4.17. The number of aryl methyl sites for hydroxylation is 2. The Kier molecular flexibility index (Phi) is 4.47. The first-order chi connectivity index (χ1) is 13.5. The fourth-order valence-corrected chi connectivity index (χ4v) is 3.60. The molecule has 0 aromatic heterocycles. The molecule has 140 valence electrons. The number of anilines is 1. The van der Waals surface area contributed by atoms with Crippen LogP contribution in [-0.4, -0.2) is 11.0 Å². The van der Waals surface area contributed by atoms with Gasteiger partial charge in [-0.25, -0.2) is 4.39 Å². The summed E-state index contributed by atoms with van der Waals surface area (Å²) in [6.45, 7) is 3.92. The second kappa shape index (κ2) is 6.97. The van der Waals surface area contributed by atoms with Crippen LogP contribution in [-0.2, 0) is 4.79 Å². The van der Waals surface area contributed by atoms with Gasteiger partial charge in [-0.1, -0.05) is 65.7 Å². The fraction of sp³-hybridized carbons (Fsp3) is 0.125. The molecule has 0 saturated heterocycles. The molecule has 4 rings (SSSR count). The molecule has 0 spiro atoms. The quantitative estimate of drug-likeness (QED) is 0.659. The molecule has 28 heavy (non-hydrogen) atoms. The van der Waals surface area contributed by atoms with E-state index in [0.717, 1.165) is 11.1 Å². The molecule has 1 aliphatic rings. The van der Waals surface area contributed by atoms with Crippen molar-refractivity contribution in [3.05, 3.63) is 107 Å². The van der Waals surface area contributed by atoms with Crippen LogP contribution in [0.2, 0.25) is 0 Å². The van der Waals surface area contributed by atoms with Crippen molar-refractivity contribution in [3.8, 4) is 0 Å². The molecule has 1 amide bonds. The topological polar surface area (TPSA) is 40.5 Å². The van der Waals surface area contributed by atoms with Crippen molar-refractivity contribution in [2.75, 3.05) is 4.90 Å². The minimum absolute atomic E-state index is 0.344. The number of halogens is 1. The largest absolute Gasteiger partial charge is 0.503 e. The summed E-state index contributed by atoms with van der Waals surface area (Å²) in [6, 6.07) is 20.5. The minimum atomic E-state index is -0.751. The first-order valence-corrected chi connectivity index (χ1v) is 9.12. The number of amides is 1. The van der Waals surface area contributed by atoms with E-state index >= 15 is 0 Å². The molecule has 0 aliphatic carbocycles. The zero-order chi connectivity index (χ0) is 19.8. The predicted octanol–water partition coefficient (Wildman–Crippen LogP) is 5.50. The van der Waals surface area contributed by atoms with E-state index in [0.29, 0.717) is 22.4 Å². The number of aliphatic hydroxyl groups excluding tert-OH is 1. The Labute approximate surface area is 163 Å². The molecular formula is C24H20FNO2. The lowest BCUT2D eigenvalue weighted by Gasteiger charge is -2.28. The number of hydrogen-bond donors (Lipinski definition) is 1. The third-order valence-corrected chi connectivity index (χ3v) is 5.08. The molecule has 1 unspecified atom stereocenters. The number of carbonyl (C=O) groups excluding carboxylic acids is 1. The first-order valence-electron chi connectivity index (χ1n) is 9.12. The average molecular weight is 373 g/mol. The van der Waals surface area contributed by atoms with Gasteiger partial charge < -0.3 is 5.11 Å². The molecule has 1 aliphatic heterocycles. The maximum atomic E-state index is 14.8. The van der Waals surface area contributed by atoms with Gasteiger partial charge in [-0.2, -0.15) is 0 Å². The van der Waals surface area contributed by atoms with Crippen LogP contribution >= 0.6 is 0 Å². The van der Waals surface area contributed by atoms with Crippen LogP contribution in [0.1, 0.15) is 28.3 Å². The van der Waals surface area contributed by atoms with Crippen LogP contribution in [0.25, 0.3) is 5.57 Å². The van der Waals surface area contributed by atoms with Crippen LogP contribution in [0.5, 0.6) is 0 Å². The van der Waals surface area contributed by atoms with Crippen LogP contribution in [0.4, 0.5) is 10.1 Å². The summed E-state index contributed by atoms with van der Waals surface area (Å²) in [7, 11) is 0. The van der Waals surface area contributed by atoms with Gasteiger partial charge in [0.1, 0.15) is 5.82 Å². The van der Waals surface area contributed by atoms with E-state index in [4.69, 9.17) is 0 Å². The second-order valence-electron chi connectivity index (χ2n) is 7.06. The summed E-state index contributed by atoms with van der Waals surface area (Å²) in [4.78, 5) is 14.5. The molecule has 0 bridgehead atoms. The van der Waals surface area contributed by atoms with Crippen molar-refractivity contribution in [1.82, 2.24) is 0 Å². The van der Waals surface area contributed by atoms with Crippen LogP contribution in [0.15, 0.2) is 78.6 Å². The third kappa shape index (κ3) is 2.97. The van der Waals surface area contributed by atoms with Gasteiger partial charge in [0.15, 0.2) is 5.76 Å². The maximum absolute atomic E-state index is 14.8. The van der Waals surface area contributed by atoms with E-state index in [-0.39, 0.29) is 5.76 Å². The van der Waals surface area contributed by atoms with Gasteiger partial charge in [-0.3, -0.25) is 9.69 Å². The lowest BCUT2D eigenvalue weighted by Crippen LogP contribution is -2.30. The summed E-state index contributed by atoms with van der Waals surface area (Å²) >= 11 is 0. The number of aliphatic hydroxyl groups is 1. The third-order valence-electron chi connectivity index (χ3n) is 5.08. The summed E-state index contributed by atoms with van der Waals surface area (Å²) in [5.74, 6) is -1.30. The normalized spacial score (nSPS) is 16.8. The molecule has 3 nitrogen and oxygen atoms in total. The van der Waals surface area contributed by atoms with E-state index in [2.05, 4.69) is 0 Å². The number of rotatable bonds is 3. The lowest BCUT2D eigenvalue weighted by atomic mass is 9.92. The van der Waals surface area contributed by atoms with Gasteiger partial charge in [0.25, 0.3) is 5.91 Å². The Morgan fingerprint density at radius 3 is 2.04 bits per heavy atom. The zero-order valence-electron chi connectivity index (χ0n) is 15.7. The Morgan fingerprint density at radius 1 is 0.857 bits per heavy atom. The second-order valence-corrected chi connectivity index (χ2v) is 7.06. The van der Waals surface area contributed by atoms with Gasteiger partial charge >= 0.3 is 0 Å². The smallest absolute Gasteiger partial charge is 0.294 e. The number of benzene rings is 3. The van der Waals surface area contributed by atoms with Crippen molar-refractivity contribution >= 4 is 17.2 Å². The van der Waals surface area contributed by atoms with E-state index in [9.17, 15) is 14.3 Å². The van der Waals surface area contributed by atoms with Crippen molar-refractivity contribution in [2.24, 2.45) is 0 Å². The minimum Gasteiger partial charge on any atom is -0.503 e. The molecule has 3 aromatic carbocycles. The number of nitrogens with zero attached hydrogens (tertiary/aromatic N) is 1. The standard InChI is InChI=1S/C24H20FNO2/c1-15-7-11-17(12-8-15)21-22(19-5-3-4-6-20(19)25)26(24(28)23(21)27)18-13-9-16(2)10-14-18/h3-14,22,27H,1-2H3. The fourth-order valence-electron chi connectivity index (χ4n) is 3.60. The SMILES string of the molecule is Cc1ccc(C2=C(O)C(=O)N(c3ccc(C)cc3)C2c2ccccc2F)cc1. The van der Waals surface area contributed by atoms with E-state index in [1.807, 2.05) is 62.4 Å². The van der Waals surface area contributed by atoms with Crippen molar-refractivity contribution in [2.45, 2.75) is 19.9 Å². The van der Waals surface area contributed by atoms with Crippen molar-refractivity contribution in [1.29, 1.82) is 0 Å². The van der Waals surface area contributed by atoms with Crippen molar-refractivity contribution in [3.63, 3.8) is 0 Å². The molecule has 0 fully saturated rings.